The summed E-state index contributed by atoms with van der Waals surface area (Å²) in [4.78, 5) is 3.61. The molecule has 1 N–H and O–H groups in total. The van der Waals surface area contributed by atoms with Gasteiger partial charge in [0.15, 0.2) is 0 Å². The molecule has 0 saturated carbocycles. The molecule has 0 fully saturated rings. The molecule has 0 amide bonds. The predicted octanol–water partition coefficient (Wildman–Crippen LogP) is 2.86. The highest BCUT2D eigenvalue weighted by Gasteiger charge is 2.20. The molecule has 3 heteroatoms. The number of thiol groups is 1. The van der Waals surface area contributed by atoms with E-state index in [-0.39, 0.29) is 0 Å². The first-order chi connectivity index (χ1) is 5.02. The maximum atomic E-state index is 4.44. The Balaban J connectivity index is 3.70. The highest BCUT2D eigenvalue weighted by molar-refractivity contribution is 7.81. The molecule has 0 saturated heterocycles. The van der Waals surface area contributed by atoms with Crippen molar-refractivity contribution in [1.29, 1.82) is 0 Å². The van der Waals surface area contributed by atoms with E-state index < -0.39 is 8.24 Å². The lowest BCUT2D eigenvalue weighted by atomic mass is 10.5. The third kappa shape index (κ3) is 5.76. The van der Waals surface area contributed by atoms with Crippen LogP contribution < -0.4 is 4.98 Å². The Kier molecular flexibility index (Phi) is 5.47. The lowest BCUT2D eigenvalue weighted by Crippen LogP contribution is -2.48. The average Bonchev–Trinajstić information content (AvgIpc) is 1.86. The fraction of sp³-hybridized carbons (Fsp3) is 1.00. The molecular formula is C8H21NSSi. The topological polar surface area (TPSA) is 12.0 Å². The van der Waals surface area contributed by atoms with Gasteiger partial charge in [-0.2, -0.15) is 12.6 Å². The molecule has 0 aliphatic carbocycles. The highest BCUT2D eigenvalue weighted by atomic mass is 32.1. The van der Waals surface area contributed by atoms with Gasteiger partial charge in [0.1, 0.15) is 8.24 Å². The Bertz CT molecular complexity index is 106. The van der Waals surface area contributed by atoms with Gasteiger partial charge in [-0.3, -0.25) is 0 Å². The zero-order valence-electron chi connectivity index (χ0n) is 8.15. The van der Waals surface area contributed by atoms with E-state index in [2.05, 4.69) is 44.6 Å². The molecule has 68 valence electrons. The van der Waals surface area contributed by atoms with Crippen molar-refractivity contribution in [3.63, 3.8) is 0 Å². The van der Waals surface area contributed by atoms with Gasteiger partial charge < -0.3 is 4.98 Å². The van der Waals surface area contributed by atoms with E-state index in [4.69, 9.17) is 0 Å². The summed E-state index contributed by atoms with van der Waals surface area (Å²) in [5.74, 6) is 0. The zero-order chi connectivity index (χ0) is 8.91. The van der Waals surface area contributed by atoms with Gasteiger partial charge >= 0.3 is 0 Å². The standard InChI is InChI=1S/C8H21NSSi/c1-5-7-11(3,4)9-8(10)6-2/h8-10H,5-7H2,1-4H3. The predicted molar refractivity (Wildman–Crippen MR) is 58.8 cm³/mol. The van der Waals surface area contributed by atoms with Crippen molar-refractivity contribution in [1.82, 2.24) is 4.98 Å². The molecule has 0 aliphatic heterocycles. The number of rotatable bonds is 5. The van der Waals surface area contributed by atoms with Gasteiger partial charge in [0, 0.05) is 5.37 Å². The smallest absolute Gasteiger partial charge is 0.120 e. The summed E-state index contributed by atoms with van der Waals surface area (Å²) < 4.78 is 0. The van der Waals surface area contributed by atoms with Crippen molar-refractivity contribution < 1.29 is 0 Å². The van der Waals surface area contributed by atoms with Crippen LogP contribution in [0, 0.1) is 0 Å². The fourth-order valence-electron chi connectivity index (χ4n) is 1.25. The molecule has 0 heterocycles. The van der Waals surface area contributed by atoms with Gasteiger partial charge in [0.05, 0.1) is 0 Å². The number of hydrogen-bond acceptors (Lipinski definition) is 2. The van der Waals surface area contributed by atoms with E-state index in [0.29, 0.717) is 5.37 Å². The van der Waals surface area contributed by atoms with Gasteiger partial charge in [0.25, 0.3) is 0 Å². The number of hydrogen-bond donors (Lipinski definition) is 2. The van der Waals surface area contributed by atoms with Gasteiger partial charge in [-0.05, 0) is 12.5 Å². The second-order valence-corrected chi connectivity index (χ2v) is 8.88. The summed E-state index contributed by atoms with van der Waals surface area (Å²) in [5, 5.41) is 0.406. The zero-order valence-corrected chi connectivity index (χ0v) is 10.0. The van der Waals surface area contributed by atoms with Gasteiger partial charge in [0.2, 0.25) is 0 Å². The summed E-state index contributed by atoms with van der Waals surface area (Å²) in [6.45, 7) is 9.15. The highest BCUT2D eigenvalue weighted by Crippen LogP contribution is 2.11. The first-order valence-electron chi connectivity index (χ1n) is 4.47. The largest absolute Gasteiger partial charge is 0.326 e. The van der Waals surface area contributed by atoms with E-state index in [0.717, 1.165) is 6.42 Å². The average molecular weight is 191 g/mol. The minimum atomic E-state index is -1.11. The molecule has 11 heavy (non-hydrogen) atoms. The Morgan fingerprint density at radius 3 is 2.27 bits per heavy atom. The molecule has 0 aliphatic rings. The normalized spacial score (nSPS) is 15.0. The molecule has 1 unspecified atom stereocenters. The van der Waals surface area contributed by atoms with Gasteiger partial charge in [-0.25, -0.2) is 0 Å². The molecule has 1 nitrogen and oxygen atoms in total. The SMILES string of the molecule is CCC[Si](C)(C)NC(S)CC. The molecule has 0 aromatic rings. The lowest BCUT2D eigenvalue weighted by Gasteiger charge is -2.26. The van der Waals surface area contributed by atoms with Crippen LogP contribution in [0.15, 0.2) is 0 Å². The fourth-order valence-corrected chi connectivity index (χ4v) is 4.80. The Labute approximate surface area is 77.5 Å². The summed E-state index contributed by atoms with van der Waals surface area (Å²) in [7, 11) is -1.11. The van der Waals surface area contributed by atoms with Crippen LogP contribution in [0.5, 0.6) is 0 Å². The molecule has 0 aromatic carbocycles. The van der Waals surface area contributed by atoms with E-state index in [9.17, 15) is 0 Å². The lowest BCUT2D eigenvalue weighted by molar-refractivity contribution is 0.775. The van der Waals surface area contributed by atoms with Crippen LogP contribution in [0.3, 0.4) is 0 Å². The van der Waals surface area contributed by atoms with Crippen LogP contribution in [0.25, 0.3) is 0 Å². The molecule has 0 spiro atoms. The molecule has 0 radical (unpaired) electrons. The molecular weight excluding hydrogens is 170 g/mol. The van der Waals surface area contributed by atoms with Crippen molar-refractivity contribution in [3.8, 4) is 0 Å². The van der Waals surface area contributed by atoms with Crippen LogP contribution in [-0.4, -0.2) is 13.6 Å². The molecule has 0 rings (SSSR count). The minimum Gasteiger partial charge on any atom is -0.326 e. The van der Waals surface area contributed by atoms with Crippen LogP contribution in [0.1, 0.15) is 26.7 Å². The summed E-state index contributed by atoms with van der Waals surface area (Å²) >= 11 is 4.44. The quantitative estimate of drug-likeness (QED) is 0.387. The van der Waals surface area contributed by atoms with E-state index >= 15 is 0 Å². The van der Waals surface area contributed by atoms with E-state index in [1.165, 1.54) is 12.5 Å². The van der Waals surface area contributed by atoms with Crippen molar-refractivity contribution >= 4 is 20.9 Å². The molecule has 0 bridgehead atoms. The van der Waals surface area contributed by atoms with Gasteiger partial charge in [-0.15, -0.1) is 0 Å². The maximum Gasteiger partial charge on any atom is 0.120 e. The van der Waals surface area contributed by atoms with Crippen molar-refractivity contribution in [2.75, 3.05) is 0 Å². The Hall–Kier alpha value is 0.527. The molecule has 0 aromatic heterocycles. The summed E-state index contributed by atoms with van der Waals surface area (Å²) in [5.41, 5.74) is 0. The monoisotopic (exact) mass is 191 g/mol. The van der Waals surface area contributed by atoms with E-state index in [1.54, 1.807) is 0 Å². The Morgan fingerprint density at radius 1 is 1.36 bits per heavy atom. The second-order valence-electron chi connectivity index (χ2n) is 3.70. The van der Waals surface area contributed by atoms with E-state index in [1.807, 2.05) is 0 Å². The minimum absolute atomic E-state index is 0.406. The van der Waals surface area contributed by atoms with Crippen LogP contribution in [0.4, 0.5) is 0 Å². The van der Waals surface area contributed by atoms with Gasteiger partial charge in [-0.1, -0.05) is 33.4 Å². The first kappa shape index (κ1) is 11.5. The third-order valence-corrected chi connectivity index (χ3v) is 5.44. The molecule has 1 atom stereocenters. The first-order valence-corrected chi connectivity index (χ1v) is 8.20. The van der Waals surface area contributed by atoms with Crippen LogP contribution >= 0.6 is 12.6 Å². The third-order valence-electron chi connectivity index (χ3n) is 1.82. The van der Waals surface area contributed by atoms with Crippen molar-refractivity contribution in [3.05, 3.63) is 0 Å². The van der Waals surface area contributed by atoms with Crippen molar-refractivity contribution in [2.45, 2.75) is 51.2 Å². The number of nitrogens with one attached hydrogen (secondary N) is 1. The van der Waals surface area contributed by atoms with Crippen LogP contribution in [-0.2, 0) is 0 Å². The second kappa shape index (κ2) is 5.22. The Morgan fingerprint density at radius 2 is 1.91 bits per heavy atom. The van der Waals surface area contributed by atoms with Crippen LogP contribution in [0.2, 0.25) is 19.1 Å². The summed E-state index contributed by atoms with van der Waals surface area (Å²) in [6, 6.07) is 1.35. The summed E-state index contributed by atoms with van der Waals surface area (Å²) in [6.07, 6.45) is 2.40. The van der Waals surface area contributed by atoms with Crippen molar-refractivity contribution in [2.24, 2.45) is 0 Å². The maximum absolute atomic E-state index is 4.44.